The number of nitrogen functional groups attached to an aromatic ring is 1. The van der Waals surface area contributed by atoms with E-state index in [1.54, 1.807) is 6.92 Å². The molecule has 0 spiro atoms. The number of para-hydroxylation sites is 1. The maximum Gasteiger partial charge on any atom is 0.343 e. The predicted molar refractivity (Wildman–Crippen MR) is 111 cm³/mol. The van der Waals surface area contributed by atoms with Gasteiger partial charge in [-0.1, -0.05) is 35.7 Å². The normalized spacial score (nSPS) is 14.2. The lowest BCUT2D eigenvalue weighted by atomic mass is 10.2. The zero-order chi connectivity index (χ0) is 21.0. The van der Waals surface area contributed by atoms with E-state index >= 15 is 0 Å². The summed E-state index contributed by atoms with van der Waals surface area (Å²) in [6, 6.07) is 9.72. The van der Waals surface area contributed by atoms with Crippen molar-refractivity contribution in [3.8, 4) is 6.07 Å². The van der Waals surface area contributed by atoms with E-state index in [0.29, 0.717) is 5.03 Å². The van der Waals surface area contributed by atoms with Crippen LogP contribution in [0.15, 0.2) is 51.1 Å². The van der Waals surface area contributed by atoms with E-state index in [4.69, 9.17) is 10.5 Å². The molecule has 1 aromatic carbocycles. The van der Waals surface area contributed by atoms with Crippen molar-refractivity contribution in [1.82, 2.24) is 9.97 Å². The van der Waals surface area contributed by atoms with E-state index in [9.17, 15) is 14.9 Å². The van der Waals surface area contributed by atoms with Crippen LogP contribution in [0.4, 0.5) is 11.5 Å². The number of thioether (sulfide) groups is 2. The standard InChI is InChI=1S/C19H17N5O3S2/c1-3-27-18(26)12-9-22-19(23-16(12)21)28-10-14(25)11(8-20)17-24(2)13-6-4-5-7-15(13)29-17/h4-7,9H,3,10H2,1-2H3,(H2,21,22,23)/b17-11-. The molecule has 8 nitrogen and oxygen atoms in total. The van der Waals surface area contributed by atoms with Gasteiger partial charge in [0, 0.05) is 18.1 Å². The molecule has 0 unspecified atom stereocenters. The second-order valence-electron chi connectivity index (χ2n) is 5.80. The number of hydrogen-bond donors (Lipinski definition) is 1. The molecule has 0 saturated carbocycles. The van der Waals surface area contributed by atoms with Crippen molar-refractivity contribution in [2.75, 3.05) is 30.0 Å². The van der Waals surface area contributed by atoms with Crippen LogP contribution in [-0.2, 0) is 9.53 Å². The van der Waals surface area contributed by atoms with Gasteiger partial charge in [0.2, 0.25) is 0 Å². The Morgan fingerprint density at radius 1 is 1.38 bits per heavy atom. The highest BCUT2D eigenvalue weighted by Gasteiger charge is 2.28. The summed E-state index contributed by atoms with van der Waals surface area (Å²) in [6.07, 6.45) is 1.27. The van der Waals surface area contributed by atoms with Crippen LogP contribution in [-0.4, -0.2) is 41.1 Å². The van der Waals surface area contributed by atoms with Gasteiger partial charge in [0.05, 0.1) is 18.0 Å². The predicted octanol–water partition coefficient (Wildman–Crippen LogP) is 2.87. The van der Waals surface area contributed by atoms with Crippen LogP contribution in [0.5, 0.6) is 0 Å². The minimum Gasteiger partial charge on any atom is -0.462 e. The van der Waals surface area contributed by atoms with E-state index in [2.05, 4.69) is 9.97 Å². The van der Waals surface area contributed by atoms with Crippen molar-refractivity contribution in [3.63, 3.8) is 0 Å². The van der Waals surface area contributed by atoms with Crippen LogP contribution in [0.2, 0.25) is 0 Å². The quantitative estimate of drug-likeness (QED) is 0.242. The average Bonchev–Trinajstić information content (AvgIpc) is 3.04. The van der Waals surface area contributed by atoms with E-state index in [1.807, 2.05) is 42.3 Å². The number of ether oxygens (including phenoxy) is 1. The molecule has 0 aliphatic carbocycles. The third kappa shape index (κ3) is 4.36. The summed E-state index contributed by atoms with van der Waals surface area (Å²) >= 11 is 2.44. The topological polar surface area (TPSA) is 122 Å². The fraction of sp³-hybridized carbons (Fsp3) is 0.211. The lowest BCUT2D eigenvalue weighted by Crippen LogP contribution is -2.16. The molecular weight excluding hydrogens is 410 g/mol. The highest BCUT2D eigenvalue weighted by Crippen LogP contribution is 2.46. The maximum absolute atomic E-state index is 12.7. The highest BCUT2D eigenvalue weighted by molar-refractivity contribution is 8.03. The number of esters is 1. The van der Waals surface area contributed by atoms with Gasteiger partial charge in [0.1, 0.15) is 28.1 Å². The third-order valence-electron chi connectivity index (χ3n) is 3.97. The molecule has 1 aromatic heterocycles. The van der Waals surface area contributed by atoms with E-state index < -0.39 is 5.97 Å². The number of fused-ring (bicyclic) bond motifs is 1. The Balaban J connectivity index is 1.73. The molecule has 0 radical (unpaired) electrons. The molecule has 0 amide bonds. The Hall–Kier alpha value is -3.03. The Bertz CT molecular complexity index is 1050. The van der Waals surface area contributed by atoms with Gasteiger partial charge in [-0.05, 0) is 19.1 Å². The molecule has 0 fully saturated rings. The van der Waals surface area contributed by atoms with Gasteiger partial charge in [-0.25, -0.2) is 14.8 Å². The van der Waals surface area contributed by atoms with Gasteiger partial charge in [-0.15, -0.1) is 0 Å². The highest BCUT2D eigenvalue weighted by atomic mass is 32.2. The number of anilines is 2. The molecule has 0 atom stereocenters. The average molecular weight is 428 g/mol. The van der Waals surface area contributed by atoms with Crippen LogP contribution < -0.4 is 10.6 Å². The fourth-order valence-corrected chi connectivity index (χ4v) is 4.42. The number of ketones is 1. The molecule has 2 N–H and O–H groups in total. The molecule has 2 aromatic rings. The minimum atomic E-state index is -0.602. The molecule has 148 valence electrons. The molecule has 1 aliphatic heterocycles. The van der Waals surface area contributed by atoms with Crippen LogP contribution in [0.3, 0.4) is 0 Å². The monoisotopic (exact) mass is 427 g/mol. The van der Waals surface area contributed by atoms with Gasteiger partial charge in [0.25, 0.3) is 0 Å². The van der Waals surface area contributed by atoms with Gasteiger partial charge < -0.3 is 15.4 Å². The molecule has 10 heteroatoms. The lowest BCUT2D eigenvalue weighted by molar-refractivity contribution is -0.112. The number of nitriles is 1. The molecule has 3 rings (SSSR count). The Kier molecular flexibility index (Phi) is 6.41. The lowest BCUT2D eigenvalue weighted by Gasteiger charge is -2.14. The van der Waals surface area contributed by atoms with Crippen molar-refractivity contribution in [2.24, 2.45) is 0 Å². The van der Waals surface area contributed by atoms with Gasteiger partial charge in [-0.2, -0.15) is 5.26 Å². The van der Waals surface area contributed by atoms with E-state index in [0.717, 1.165) is 22.3 Å². The van der Waals surface area contributed by atoms with Gasteiger partial charge in [0.15, 0.2) is 10.9 Å². The van der Waals surface area contributed by atoms with Crippen molar-refractivity contribution in [2.45, 2.75) is 17.0 Å². The summed E-state index contributed by atoms with van der Waals surface area (Å²) in [5, 5.41) is 10.4. The largest absolute Gasteiger partial charge is 0.462 e. The first-order chi connectivity index (χ1) is 14.0. The molecule has 29 heavy (non-hydrogen) atoms. The Labute approximate surface area is 176 Å². The Morgan fingerprint density at radius 2 is 2.14 bits per heavy atom. The van der Waals surface area contributed by atoms with Crippen molar-refractivity contribution in [1.29, 1.82) is 5.26 Å². The Morgan fingerprint density at radius 3 is 2.79 bits per heavy atom. The first-order valence-corrected chi connectivity index (χ1v) is 10.4. The summed E-state index contributed by atoms with van der Waals surface area (Å²) in [4.78, 5) is 35.3. The van der Waals surface area contributed by atoms with Gasteiger partial charge >= 0.3 is 5.97 Å². The first-order valence-electron chi connectivity index (χ1n) is 8.56. The van der Waals surface area contributed by atoms with Crippen LogP contribution in [0.1, 0.15) is 17.3 Å². The molecule has 0 saturated heterocycles. The van der Waals surface area contributed by atoms with Gasteiger partial charge in [-0.3, -0.25) is 4.79 Å². The summed E-state index contributed by atoms with van der Waals surface area (Å²) in [5.74, 6) is -0.991. The molecule has 2 heterocycles. The van der Waals surface area contributed by atoms with Crippen LogP contribution in [0.25, 0.3) is 0 Å². The number of hydrogen-bond acceptors (Lipinski definition) is 10. The van der Waals surface area contributed by atoms with Crippen LogP contribution in [0, 0.1) is 11.3 Å². The zero-order valence-corrected chi connectivity index (χ0v) is 17.3. The number of carbonyl (C=O) groups is 2. The van der Waals surface area contributed by atoms with E-state index in [1.165, 1.54) is 18.0 Å². The van der Waals surface area contributed by atoms with Crippen LogP contribution >= 0.6 is 23.5 Å². The maximum atomic E-state index is 12.7. The summed E-state index contributed by atoms with van der Waals surface area (Å²) < 4.78 is 4.88. The van der Waals surface area contributed by atoms with Crippen molar-refractivity contribution < 1.29 is 14.3 Å². The number of rotatable bonds is 6. The number of nitrogens with two attached hydrogens (primary N) is 1. The number of Topliss-reactive ketones (excluding diaryl/α,β-unsaturated/α-hetero) is 1. The fourth-order valence-electron chi connectivity index (χ4n) is 2.57. The number of benzene rings is 1. The summed E-state index contributed by atoms with van der Waals surface area (Å²) in [5.41, 5.74) is 6.89. The number of aromatic nitrogens is 2. The van der Waals surface area contributed by atoms with Crippen molar-refractivity contribution >= 4 is 46.8 Å². The second kappa shape index (κ2) is 8.98. The SMILES string of the molecule is CCOC(=O)c1cnc(SCC(=O)/C(C#N)=C2\Sc3ccccc3N2C)nc1N. The van der Waals surface area contributed by atoms with Crippen molar-refractivity contribution in [3.05, 3.63) is 46.6 Å². The summed E-state index contributed by atoms with van der Waals surface area (Å²) in [6.45, 7) is 1.90. The molecular formula is C19H17N5O3S2. The number of nitrogens with zero attached hydrogens (tertiary/aromatic N) is 4. The smallest absolute Gasteiger partial charge is 0.343 e. The number of carbonyl (C=O) groups excluding carboxylic acids is 2. The van der Waals surface area contributed by atoms with E-state index in [-0.39, 0.29) is 40.3 Å². The zero-order valence-electron chi connectivity index (χ0n) is 15.7. The first kappa shape index (κ1) is 20.7. The molecule has 1 aliphatic rings. The summed E-state index contributed by atoms with van der Waals surface area (Å²) in [7, 11) is 1.82. The minimum absolute atomic E-state index is 0.0196. The third-order valence-corrected chi connectivity index (χ3v) is 6.06. The second-order valence-corrected chi connectivity index (χ2v) is 7.78. The molecule has 0 bridgehead atoms. The number of allylic oxidation sites excluding steroid dienone is 1.